The molecule has 0 fully saturated rings. The van der Waals surface area contributed by atoms with Crippen LogP contribution in [0.3, 0.4) is 0 Å². The van der Waals surface area contributed by atoms with Gasteiger partial charge in [0.05, 0.1) is 14.2 Å². The molecule has 0 aliphatic carbocycles. The fourth-order valence-electron chi connectivity index (χ4n) is 3.84. The van der Waals surface area contributed by atoms with Gasteiger partial charge in [0.2, 0.25) is 0 Å². The van der Waals surface area contributed by atoms with E-state index in [1.54, 1.807) is 14.2 Å². The zero-order valence-corrected chi connectivity index (χ0v) is 16.0. The number of ether oxygens (including phenoxy) is 2. The number of carboxylic acids is 2. The second-order valence-corrected chi connectivity index (χ2v) is 6.92. The van der Waals surface area contributed by atoms with Gasteiger partial charge >= 0.3 is 11.9 Å². The van der Waals surface area contributed by atoms with Crippen molar-refractivity contribution in [1.82, 2.24) is 5.32 Å². The lowest BCUT2D eigenvalue weighted by atomic mass is 9.81. The normalized spacial score (nSPS) is 16.0. The molecule has 0 saturated heterocycles. The van der Waals surface area contributed by atoms with Crippen molar-refractivity contribution in [3.63, 3.8) is 0 Å². The zero-order chi connectivity index (χ0) is 19.8. The molecule has 1 aliphatic rings. The van der Waals surface area contributed by atoms with E-state index < -0.39 is 11.9 Å². The number of hydrogen-bond donors (Lipinski definition) is 3. The summed E-state index contributed by atoms with van der Waals surface area (Å²) in [6.45, 7) is 0.821. The van der Waals surface area contributed by atoms with Crippen LogP contribution in [-0.4, -0.2) is 42.9 Å². The Morgan fingerprint density at radius 2 is 1.63 bits per heavy atom. The van der Waals surface area contributed by atoms with Crippen LogP contribution in [0.5, 0.6) is 11.5 Å². The Bertz CT molecular complexity index is 640. The number of nitrogens with one attached hydrogen (secondary N) is 1. The summed E-state index contributed by atoms with van der Waals surface area (Å²) in [5.74, 6) is -0.0729. The molecule has 0 saturated carbocycles. The highest BCUT2D eigenvalue weighted by atomic mass is 16.5. The molecule has 7 nitrogen and oxygen atoms in total. The van der Waals surface area contributed by atoms with Crippen molar-refractivity contribution in [1.29, 1.82) is 0 Å². The topological polar surface area (TPSA) is 105 Å². The first kappa shape index (κ1) is 21.0. The fraction of sp³-hybridized carbons (Fsp3) is 0.600. The van der Waals surface area contributed by atoms with Crippen molar-refractivity contribution >= 4 is 11.9 Å². The van der Waals surface area contributed by atoms with E-state index in [1.807, 2.05) is 12.1 Å². The third-order valence-electron chi connectivity index (χ3n) is 5.14. The molecule has 1 aromatic carbocycles. The molecule has 3 N–H and O–H groups in total. The van der Waals surface area contributed by atoms with E-state index in [0.717, 1.165) is 31.4 Å². The van der Waals surface area contributed by atoms with Crippen molar-refractivity contribution in [2.45, 2.75) is 51.0 Å². The largest absolute Gasteiger partial charge is 0.493 e. The first-order chi connectivity index (χ1) is 13.0. The maximum absolute atomic E-state index is 10.9. The van der Waals surface area contributed by atoms with Crippen molar-refractivity contribution < 1.29 is 29.3 Å². The van der Waals surface area contributed by atoms with Crippen LogP contribution in [0.2, 0.25) is 0 Å². The van der Waals surface area contributed by atoms with E-state index in [2.05, 4.69) is 5.32 Å². The lowest BCUT2D eigenvalue weighted by molar-refractivity contribution is -0.138. The molecule has 1 aromatic rings. The maximum atomic E-state index is 10.9. The Labute approximate surface area is 159 Å². The molecule has 1 unspecified atom stereocenters. The van der Waals surface area contributed by atoms with Crippen LogP contribution in [0.15, 0.2) is 12.1 Å². The standard InChI is InChI=1S/C20H29NO6/c1-26-16-11-14-9-10-21-20(15(14)12-17(16)27-2)13(5-3-7-18(22)23)6-4-8-19(24)25/h11-13,20-21H,3-10H2,1-2H3,(H,22,23)(H,24,25). The van der Waals surface area contributed by atoms with E-state index in [4.69, 9.17) is 19.7 Å². The molecule has 1 aliphatic heterocycles. The molecule has 0 radical (unpaired) electrons. The minimum absolute atomic E-state index is 0.0520. The smallest absolute Gasteiger partial charge is 0.303 e. The van der Waals surface area contributed by atoms with E-state index in [0.29, 0.717) is 24.3 Å². The van der Waals surface area contributed by atoms with E-state index in [1.165, 1.54) is 5.56 Å². The molecule has 150 valence electrons. The monoisotopic (exact) mass is 379 g/mol. The van der Waals surface area contributed by atoms with E-state index >= 15 is 0 Å². The Morgan fingerprint density at radius 1 is 1.07 bits per heavy atom. The molecule has 0 aromatic heterocycles. The molecule has 0 bridgehead atoms. The lowest BCUT2D eigenvalue weighted by Crippen LogP contribution is -2.35. The molecule has 27 heavy (non-hydrogen) atoms. The molecule has 0 amide bonds. The second kappa shape index (κ2) is 10.2. The average Bonchev–Trinajstić information content (AvgIpc) is 2.64. The zero-order valence-electron chi connectivity index (χ0n) is 16.0. The number of carboxylic acid groups (broad SMARTS) is 2. The first-order valence-corrected chi connectivity index (χ1v) is 9.38. The number of carbonyl (C=O) groups is 2. The average molecular weight is 379 g/mol. The molecule has 1 heterocycles. The van der Waals surface area contributed by atoms with Crippen LogP contribution in [0.25, 0.3) is 0 Å². The maximum Gasteiger partial charge on any atom is 0.303 e. The molecule has 1 atom stereocenters. The first-order valence-electron chi connectivity index (χ1n) is 9.38. The summed E-state index contributed by atoms with van der Waals surface area (Å²) in [5.41, 5.74) is 2.33. The van der Waals surface area contributed by atoms with Gasteiger partial charge in [-0.25, -0.2) is 0 Å². The predicted molar refractivity (Wildman–Crippen MR) is 100 cm³/mol. The summed E-state index contributed by atoms with van der Waals surface area (Å²) >= 11 is 0. The van der Waals surface area contributed by atoms with Gasteiger partial charge < -0.3 is 25.0 Å². The van der Waals surface area contributed by atoms with Gasteiger partial charge in [0, 0.05) is 18.9 Å². The van der Waals surface area contributed by atoms with Crippen molar-refractivity contribution in [3.05, 3.63) is 23.3 Å². The Hall–Kier alpha value is -2.28. The van der Waals surface area contributed by atoms with E-state index in [9.17, 15) is 9.59 Å². The Kier molecular flexibility index (Phi) is 7.91. The summed E-state index contributed by atoms with van der Waals surface area (Å²) in [7, 11) is 3.22. The van der Waals surface area contributed by atoms with Crippen LogP contribution in [0.1, 0.15) is 55.7 Å². The minimum atomic E-state index is -0.803. The fourth-order valence-corrected chi connectivity index (χ4v) is 3.84. The number of fused-ring (bicyclic) bond motifs is 1. The van der Waals surface area contributed by atoms with Gasteiger partial charge in [0.15, 0.2) is 11.5 Å². The van der Waals surface area contributed by atoms with Crippen LogP contribution in [0.4, 0.5) is 0 Å². The van der Waals surface area contributed by atoms with E-state index in [-0.39, 0.29) is 24.8 Å². The summed E-state index contributed by atoms with van der Waals surface area (Å²) in [4.78, 5) is 21.8. The third-order valence-corrected chi connectivity index (χ3v) is 5.14. The SMILES string of the molecule is COc1cc2c(cc1OC)C(C(CCCC(=O)O)CCCC(=O)O)NCC2. The molecular formula is C20H29NO6. The van der Waals surface area contributed by atoms with Gasteiger partial charge in [-0.1, -0.05) is 0 Å². The molecule has 0 spiro atoms. The lowest BCUT2D eigenvalue weighted by Gasteiger charge is -2.34. The summed E-state index contributed by atoms with van der Waals surface area (Å²) in [6.07, 6.45) is 3.75. The van der Waals surface area contributed by atoms with Crippen LogP contribution in [0, 0.1) is 5.92 Å². The summed E-state index contributed by atoms with van der Waals surface area (Å²) < 4.78 is 10.9. The quantitative estimate of drug-likeness (QED) is 0.543. The number of aliphatic carboxylic acids is 2. The number of benzene rings is 1. The Balaban J connectivity index is 2.23. The van der Waals surface area contributed by atoms with Crippen molar-refractivity contribution in [2.75, 3.05) is 20.8 Å². The highest BCUT2D eigenvalue weighted by Gasteiger charge is 2.29. The van der Waals surface area contributed by atoms with Gasteiger partial charge in [-0.3, -0.25) is 9.59 Å². The number of rotatable bonds is 11. The Morgan fingerprint density at radius 3 is 2.15 bits per heavy atom. The van der Waals surface area contributed by atoms with Crippen LogP contribution < -0.4 is 14.8 Å². The van der Waals surface area contributed by atoms with Crippen LogP contribution >= 0.6 is 0 Å². The highest BCUT2D eigenvalue weighted by Crippen LogP contribution is 2.40. The van der Waals surface area contributed by atoms with Gasteiger partial charge in [-0.15, -0.1) is 0 Å². The van der Waals surface area contributed by atoms with Gasteiger partial charge in [0.25, 0.3) is 0 Å². The summed E-state index contributed by atoms with van der Waals surface area (Å²) in [6, 6.07) is 4.05. The van der Waals surface area contributed by atoms with Crippen molar-refractivity contribution in [3.8, 4) is 11.5 Å². The molecule has 2 rings (SSSR count). The molecular weight excluding hydrogens is 350 g/mol. The predicted octanol–water partition coefficient (Wildman–Crippen LogP) is 3.02. The van der Waals surface area contributed by atoms with Gasteiger partial charge in [-0.2, -0.15) is 0 Å². The minimum Gasteiger partial charge on any atom is -0.493 e. The number of hydrogen-bond acceptors (Lipinski definition) is 5. The highest BCUT2D eigenvalue weighted by molar-refractivity contribution is 5.66. The molecule has 7 heteroatoms. The van der Waals surface area contributed by atoms with Crippen LogP contribution in [-0.2, 0) is 16.0 Å². The van der Waals surface area contributed by atoms with Gasteiger partial charge in [-0.05, 0) is 67.8 Å². The second-order valence-electron chi connectivity index (χ2n) is 6.92. The van der Waals surface area contributed by atoms with Gasteiger partial charge in [0.1, 0.15) is 0 Å². The third kappa shape index (κ3) is 5.85. The summed E-state index contributed by atoms with van der Waals surface area (Å²) in [5, 5.41) is 21.4. The van der Waals surface area contributed by atoms with Crippen molar-refractivity contribution in [2.24, 2.45) is 5.92 Å². The number of methoxy groups -OCH3 is 2.